The molecular formula is C32H39Cl2N3O6S. The summed E-state index contributed by atoms with van der Waals surface area (Å²) in [4.78, 5) is 29.0. The minimum absolute atomic E-state index is 0.0422. The lowest BCUT2D eigenvalue weighted by Crippen LogP contribution is -2.53. The van der Waals surface area contributed by atoms with Gasteiger partial charge in [-0.05, 0) is 68.7 Å². The van der Waals surface area contributed by atoms with Crippen molar-refractivity contribution < 1.29 is 27.5 Å². The summed E-state index contributed by atoms with van der Waals surface area (Å²) in [5.74, 6) is -0.360. The first kappa shape index (κ1) is 35.0. The number of carbonyl (C=O) groups is 2. The smallest absolute Gasteiger partial charge is 0.264 e. The molecule has 44 heavy (non-hydrogen) atoms. The summed E-state index contributed by atoms with van der Waals surface area (Å²) < 4.78 is 40.0. The minimum atomic E-state index is -4.31. The maximum absolute atomic E-state index is 14.3. The first-order valence-corrected chi connectivity index (χ1v) is 16.4. The highest BCUT2D eigenvalue weighted by Gasteiger charge is 2.34. The number of benzene rings is 3. The number of hydrogen-bond donors (Lipinski definition) is 1. The van der Waals surface area contributed by atoms with Crippen molar-refractivity contribution in [3.63, 3.8) is 0 Å². The molecule has 9 nitrogen and oxygen atoms in total. The molecule has 238 valence electrons. The van der Waals surface area contributed by atoms with Gasteiger partial charge in [-0.25, -0.2) is 8.42 Å². The maximum atomic E-state index is 14.3. The molecule has 0 bridgehead atoms. The van der Waals surface area contributed by atoms with Crippen LogP contribution in [0.3, 0.4) is 0 Å². The third kappa shape index (κ3) is 8.37. The molecule has 0 heterocycles. The Morgan fingerprint density at radius 2 is 1.57 bits per heavy atom. The Hall–Kier alpha value is -3.47. The van der Waals surface area contributed by atoms with Gasteiger partial charge in [-0.2, -0.15) is 0 Å². The van der Waals surface area contributed by atoms with Gasteiger partial charge in [-0.3, -0.25) is 13.9 Å². The molecule has 0 saturated heterocycles. The Kier molecular flexibility index (Phi) is 12.3. The number of rotatable bonds is 14. The van der Waals surface area contributed by atoms with Crippen molar-refractivity contribution in [3.05, 3.63) is 81.8 Å². The zero-order chi connectivity index (χ0) is 32.6. The van der Waals surface area contributed by atoms with Crippen LogP contribution in [0.15, 0.2) is 65.6 Å². The molecule has 2 atom stereocenters. The molecule has 0 unspecified atom stereocenters. The number of carbonyl (C=O) groups excluding carboxylic acids is 2. The fourth-order valence-corrected chi connectivity index (χ4v) is 6.44. The number of anilines is 1. The molecule has 0 aliphatic carbocycles. The molecular weight excluding hydrogens is 625 g/mol. The van der Waals surface area contributed by atoms with Gasteiger partial charge in [0, 0.05) is 28.7 Å². The van der Waals surface area contributed by atoms with Crippen LogP contribution in [0, 0.1) is 6.92 Å². The molecule has 0 fully saturated rings. The normalized spacial score (nSPS) is 12.6. The van der Waals surface area contributed by atoms with E-state index in [1.165, 1.54) is 37.3 Å². The molecule has 0 spiro atoms. The number of amides is 2. The zero-order valence-corrected chi connectivity index (χ0v) is 28.1. The quantitative estimate of drug-likeness (QED) is 0.219. The lowest BCUT2D eigenvalue weighted by atomic mass is 10.1. The van der Waals surface area contributed by atoms with Gasteiger partial charge >= 0.3 is 0 Å². The number of hydrogen-bond acceptors (Lipinski definition) is 6. The molecule has 0 aromatic heterocycles. The van der Waals surface area contributed by atoms with Crippen molar-refractivity contribution in [3.8, 4) is 11.5 Å². The maximum Gasteiger partial charge on any atom is 0.264 e. The SMILES string of the molecule is CC[C@H](C(=O)N[C@@H](C)CC)N(Cc1ccc(Cl)cc1Cl)C(=O)CN(c1ccc(C)cc1)S(=O)(=O)c1ccc(OC)c(OC)c1. The molecule has 0 aliphatic rings. The molecule has 0 aliphatic heterocycles. The molecule has 1 N–H and O–H groups in total. The summed E-state index contributed by atoms with van der Waals surface area (Å²) in [6.07, 6.45) is 0.982. The van der Waals surface area contributed by atoms with Gasteiger partial charge in [0.15, 0.2) is 11.5 Å². The molecule has 12 heteroatoms. The summed E-state index contributed by atoms with van der Waals surface area (Å²) in [6.45, 7) is 6.87. The second-order valence-electron chi connectivity index (χ2n) is 10.4. The Morgan fingerprint density at radius 3 is 2.14 bits per heavy atom. The summed E-state index contributed by atoms with van der Waals surface area (Å²) >= 11 is 12.6. The summed E-state index contributed by atoms with van der Waals surface area (Å²) in [7, 11) is -1.45. The van der Waals surface area contributed by atoms with E-state index in [-0.39, 0.29) is 41.2 Å². The predicted octanol–water partition coefficient (Wildman–Crippen LogP) is 6.24. The van der Waals surface area contributed by atoms with E-state index in [2.05, 4.69) is 5.32 Å². The van der Waals surface area contributed by atoms with E-state index >= 15 is 0 Å². The number of nitrogens with one attached hydrogen (secondary N) is 1. The average Bonchev–Trinajstić information content (AvgIpc) is 3.00. The Morgan fingerprint density at radius 1 is 0.909 bits per heavy atom. The van der Waals surface area contributed by atoms with Gasteiger partial charge < -0.3 is 19.7 Å². The molecule has 3 aromatic rings. The van der Waals surface area contributed by atoms with Crippen molar-refractivity contribution in [1.82, 2.24) is 10.2 Å². The first-order valence-electron chi connectivity index (χ1n) is 14.2. The highest BCUT2D eigenvalue weighted by atomic mass is 35.5. The summed E-state index contributed by atoms with van der Waals surface area (Å²) in [5.41, 5.74) is 1.75. The van der Waals surface area contributed by atoms with E-state index in [1.54, 1.807) is 49.4 Å². The number of halogens is 2. The van der Waals surface area contributed by atoms with Crippen molar-refractivity contribution in [2.45, 2.75) is 64.1 Å². The third-order valence-corrected chi connectivity index (χ3v) is 9.64. The third-order valence-electron chi connectivity index (χ3n) is 7.29. The van der Waals surface area contributed by atoms with E-state index < -0.39 is 28.5 Å². The molecule has 2 amide bonds. The Labute approximate surface area is 270 Å². The number of methoxy groups -OCH3 is 2. The topological polar surface area (TPSA) is 105 Å². The van der Waals surface area contributed by atoms with Crippen LogP contribution in [0.4, 0.5) is 5.69 Å². The fourth-order valence-electron chi connectivity index (χ4n) is 4.54. The highest BCUT2D eigenvalue weighted by Crippen LogP contribution is 2.33. The fraction of sp³-hybridized carbons (Fsp3) is 0.375. The number of sulfonamides is 1. The van der Waals surface area contributed by atoms with E-state index in [9.17, 15) is 18.0 Å². The van der Waals surface area contributed by atoms with E-state index in [0.717, 1.165) is 9.87 Å². The van der Waals surface area contributed by atoms with E-state index in [4.69, 9.17) is 32.7 Å². The molecule has 3 rings (SSSR count). The van der Waals surface area contributed by atoms with Crippen LogP contribution < -0.4 is 19.1 Å². The van der Waals surface area contributed by atoms with Crippen LogP contribution >= 0.6 is 23.2 Å². The molecule has 0 radical (unpaired) electrons. The summed E-state index contributed by atoms with van der Waals surface area (Å²) in [5, 5.41) is 3.69. The zero-order valence-electron chi connectivity index (χ0n) is 25.8. The number of aryl methyl sites for hydroxylation is 1. The van der Waals surface area contributed by atoms with Crippen molar-refractivity contribution in [2.75, 3.05) is 25.1 Å². The van der Waals surface area contributed by atoms with E-state index in [1.807, 2.05) is 20.8 Å². The summed E-state index contributed by atoms with van der Waals surface area (Å²) in [6, 6.07) is 14.9. The van der Waals surface area contributed by atoms with E-state index in [0.29, 0.717) is 27.8 Å². The minimum Gasteiger partial charge on any atom is -0.493 e. The van der Waals surface area contributed by atoms with Gasteiger partial charge in [-0.15, -0.1) is 0 Å². The van der Waals surface area contributed by atoms with Gasteiger partial charge in [0.2, 0.25) is 11.8 Å². The van der Waals surface area contributed by atoms with Crippen LogP contribution in [-0.2, 0) is 26.2 Å². The second-order valence-corrected chi connectivity index (χ2v) is 13.1. The lowest BCUT2D eigenvalue weighted by Gasteiger charge is -2.34. The highest BCUT2D eigenvalue weighted by molar-refractivity contribution is 7.92. The second kappa shape index (κ2) is 15.5. The van der Waals surface area contributed by atoms with Gasteiger partial charge in [0.1, 0.15) is 12.6 Å². The number of nitrogens with zero attached hydrogens (tertiary/aromatic N) is 2. The Balaban J connectivity index is 2.12. The molecule has 0 saturated carbocycles. The lowest BCUT2D eigenvalue weighted by molar-refractivity contribution is -0.140. The van der Waals surface area contributed by atoms with Crippen molar-refractivity contribution >= 4 is 50.7 Å². The van der Waals surface area contributed by atoms with Crippen LogP contribution in [0.5, 0.6) is 11.5 Å². The van der Waals surface area contributed by atoms with Crippen molar-refractivity contribution in [1.29, 1.82) is 0 Å². The van der Waals surface area contributed by atoms with Crippen LogP contribution in [0.1, 0.15) is 44.7 Å². The Bertz CT molecular complexity index is 1570. The molecule has 3 aromatic carbocycles. The van der Waals surface area contributed by atoms with Gasteiger partial charge in [0.05, 0.1) is 24.8 Å². The average molecular weight is 665 g/mol. The largest absolute Gasteiger partial charge is 0.493 e. The van der Waals surface area contributed by atoms with Gasteiger partial charge in [0.25, 0.3) is 10.0 Å². The predicted molar refractivity (Wildman–Crippen MR) is 174 cm³/mol. The van der Waals surface area contributed by atoms with Crippen LogP contribution in [0.2, 0.25) is 10.0 Å². The monoisotopic (exact) mass is 663 g/mol. The number of ether oxygens (including phenoxy) is 2. The first-order chi connectivity index (χ1) is 20.9. The van der Waals surface area contributed by atoms with Gasteiger partial charge in [-0.1, -0.05) is 60.8 Å². The standard InChI is InChI=1S/C32H39Cl2N3O6S/c1-7-22(4)35-32(39)28(8-2)36(19-23-11-12-24(33)17-27(23)34)31(38)20-37(25-13-9-21(3)10-14-25)44(40,41)26-15-16-29(42-5)30(18-26)43-6/h9-18,22,28H,7-8,19-20H2,1-6H3,(H,35,39)/t22-,28+/m0/s1. The van der Waals surface area contributed by atoms with Crippen molar-refractivity contribution in [2.24, 2.45) is 0 Å². The van der Waals surface area contributed by atoms with Crippen LogP contribution in [0.25, 0.3) is 0 Å². The van der Waals surface area contributed by atoms with Crippen LogP contribution in [-0.4, -0.2) is 58.0 Å².